The standard InChI is InChI=1S/C14H18N4O/c1-9-12(8-16-18(9)2)13(17-15)11-5-3-4-10-6-7-19-14(10)11/h3-5,8,13,17H,6-7,15H2,1-2H3. The third kappa shape index (κ3) is 1.91. The average Bonchev–Trinajstić information content (AvgIpc) is 3.01. The Labute approximate surface area is 112 Å². The minimum atomic E-state index is -0.0956. The van der Waals surface area contributed by atoms with Crippen LogP contribution in [0.3, 0.4) is 0 Å². The molecule has 0 saturated carbocycles. The molecule has 1 aromatic carbocycles. The van der Waals surface area contributed by atoms with E-state index in [4.69, 9.17) is 10.6 Å². The van der Waals surface area contributed by atoms with Crippen molar-refractivity contribution in [3.05, 3.63) is 46.8 Å². The molecule has 0 radical (unpaired) electrons. The van der Waals surface area contributed by atoms with E-state index in [1.54, 1.807) is 0 Å². The van der Waals surface area contributed by atoms with Gasteiger partial charge in [0.1, 0.15) is 5.75 Å². The highest BCUT2D eigenvalue weighted by molar-refractivity contribution is 5.48. The zero-order chi connectivity index (χ0) is 13.4. The summed E-state index contributed by atoms with van der Waals surface area (Å²) < 4.78 is 7.61. The van der Waals surface area contributed by atoms with Crippen molar-refractivity contribution >= 4 is 0 Å². The second-order valence-corrected chi connectivity index (χ2v) is 4.84. The summed E-state index contributed by atoms with van der Waals surface area (Å²) in [5.41, 5.74) is 7.39. The first-order valence-electron chi connectivity index (χ1n) is 6.41. The number of rotatable bonds is 3. The van der Waals surface area contributed by atoms with Crippen LogP contribution in [0, 0.1) is 6.92 Å². The van der Waals surface area contributed by atoms with E-state index in [0.29, 0.717) is 0 Å². The maximum atomic E-state index is 5.77. The van der Waals surface area contributed by atoms with Gasteiger partial charge in [-0.1, -0.05) is 18.2 Å². The molecule has 100 valence electrons. The summed E-state index contributed by atoms with van der Waals surface area (Å²) in [5, 5.41) is 4.28. The van der Waals surface area contributed by atoms with E-state index in [9.17, 15) is 0 Å². The van der Waals surface area contributed by atoms with Crippen molar-refractivity contribution in [2.75, 3.05) is 6.61 Å². The zero-order valence-electron chi connectivity index (χ0n) is 11.2. The summed E-state index contributed by atoms with van der Waals surface area (Å²) >= 11 is 0. The number of hydrogen-bond acceptors (Lipinski definition) is 4. The monoisotopic (exact) mass is 258 g/mol. The van der Waals surface area contributed by atoms with E-state index in [1.165, 1.54) is 5.56 Å². The maximum absolute atomic E-state index is 5.77. The molecular weight excluding hydrogens is 240 g/mol. The zero-order valence-corrected chi connectivity index (χ0v) is 11.2. The molecule has 1 aliphatic heterocycles. The van der Waals surface area contributed by atoms with Crippen molar-refractivity contribution in [1.29, 1.82) is 0 Å². The molecule has 1 unspecified atom stereocenters. The Balaban J connectivity index is 2.09. The molecule has 0 fully saturated rings. The highest BCUT2D eigenvalue weighted by Gasteiger charge is 2.24. The Kier molecular flexibility index (Phi) is 3.00. The predicted molar refractivity (Wildman–Crippen MR) is 72.8 cm³/mol. The number of ether oxygens (including phenoxy) is 1. The third-order valence-electron chi connectivity index (χ3n) is 3.81. The van der Waals surface area contributed by atoms with Gasteiger partial charge in [-0.3, -0.25) is 10.5 Å². The van der Waals surface area contributed by atoms with Crippen LogP contribution in [-0.2, 0) is 13.5 Å². The number of benzene rings is 1. The van der Waals surface area contributed by atoms with Crippen LogP contribution in [0.15, 0.2) is 24.4 Å². The maximum Gasteiger partial charge on any atom is 0.127 e. The highest BCUT2D eigenvalue weighted by Crippen LogP contribution is 2.36. The summed E-state index contributed by atoms with van der Waals surface area (Å²) in [5.74, 6) is 6.73. The fourth-order valence-corrected chi connectivity index (χ4v) is 2.61. The summed E-state index contributed by atoms with van der Waals surface area (Å²) in [7, 11) is 1.93. The lowest BCUT2D eigenvalue weighted by molar-refractivity contribution is 0.350. The van der Waals surface area contributed by atoms with E-state index in [2.05, 4.69) is 28.7 Å². The molecule has 1 atom stereocenters. The molecule has 5 heteroatoms. The van der Waals surface area contributed by atoms with Crippen LogP contribution >= 0.6 is 0 Å². The number of hydrazine groups is 1. The second-order valence-electron chi connectivity index (χ2n) is 4.84. The van der Waals surface area contributed by atoms with Crippen molar-refractivity contribution < 1.29 is 4.74 Å². The number of nitrogens with one attached hydrogen (secondary N) is 1. The lowest BCUT2D eigenvalue weighted by atomic mass is 9.97. The van der Waals surface area contributed by atoms with Crippen LogP contribution in [0.1, 0.15) is 28.4 Å². The Morgan fingerprint density at radius 3 is 2.95 bits per heavy atom. The van der Waals surface area contributed by atoms with Gasteiger partial charge in [-0.25, -0.2) is 5.43 Å². The number of fused-ring (bicyclic) bond motifs is 1. The van der Waals surface area contributed by atoms with Gasteiger partial charge in [0.15, 0.2) is 0 Å². The van der Waals surface area contributed by atoms with E-state index >= 15 is 0 Å². The first-order chi connectivity index (χ1) is 9.22. The van der Waals surface area contributed by atoms with Gasteiger partial charge in [0, 0.05) is 30.3 Å². The number of aryl methyl sites for hydroxylation is 1. The summed E-state index contributed by atoms with van der Waals surface area (Å²) in [6.45, 7) is 2.78. The molecule has 2 aromatic rings. The summed E-state index contributed by atoms with van der Waals surface area (Å²) in [4.78, 5) is 0. The smallest absolute Gasteiger partial charge is 0.127 e. The van der Waals surface area contributed by atoms with E-state index in [-0.39, 0.29) is 6.04 Å². The topological polar surface area (TPSA) is 65.1 Å². The quantitative estimate of drug-likeness (QED) is 0.641. The molecule has 3 rings (SSSR count). The minimum Gasteiger partial charge on any atom is -0.493 e. The molecule has 2 heterocycles. The van der Waals surface area contributed by atoms with Crippen LogP contribution in [0.5, 0.6) is 5.75 Å². The molecule has 1 aromatic heterocycles. The summed E-state index contributed by atoms with van der Waals surface area (Å²) in [6.07, 6.45) is 2.82. The first-order valence-corrected chi connectivity index (χ1v) is 6.41. The van der Waals surface area contributed by atoms with Gasteiger partial charge in [-0.05, 0) is 12.5 Å². The molecule has 19 heavy (non-hydrogen) atoms. The van der Waals surface area contributed by atoms with Crippen LogP contribution < -0.4 is 16.0 Å². The van der Waals surface area contributed by atoms with Gasteiger partial charge in [0.2, 0.25) is 0 Å². The SMILES string of the molecule is Cc1c(C(NN)c2cccc3c2OCC3)cnn1C. The van der Waals surface area contributed by atoms with Gasteiger partial charge in [0.05, 0.1) is 18.8 Å². The molecular formula is C14H18N4O. The van der Waals surface area contributed by atoms with Crippen molar-refractivity contribution in [2.24, 2.45) is 12.9 Å². The van der Waals surface area contributed by atoms with Crippen molar-refractivity contribution in [2.45, 2.75) is 19.4 Å². The normalized spacial score (nSPS) is 15.1. The number of hydrogen-bond donors (Lipinski definition) is 2. The van der Waals surface area contributed by atoms with Crippen molar-refractivity contribution in [3.8, 4) is 5.75 Å². The fourth-order valence-electron chi connectivity index (χ4n) is 2.61. The molecule has 0 spiro atoms. The lowest BCUT2D eigenvalue weighted by Gasteiger charge is -2.19. The Bertz CT molecular complexity index is 605. The molecule has 1 aliphatic rings. The minimum absolute atomic E-state index is 0.0956. The van der Waals surface area contributed by atoms with Crippen LogP contribution in [0.25, 0.3) is 0 Å². The lowest BCUT2D eigenvalue weighted by Crippen LogP contribution is -2.29. The van der Waals surface area contributed by atoms with E-state index in [0.717, 1.165) is 35.6 Å². The number of nitrogens with zero attached hydrogens (tertiary/aromatic N) is 2. The molecule has 5 nitrogen and oxygen atoms in total. The average molecular weight is 258 g/mol. The highest BCUT2D eigenvalue weighted by atomic mass is 16.5. The van der Waals surface area contributed by atoms with Gasteiger partial charge >= 0.3 is 0 Å². The van der Waals surface area contributed by atoms with Gasteiger partial charge < -0.3 is 4.74 Å². The first kappa shape index (κ1) is 12.2. The Hall–Kier alpha value is -1.85. The molecule has 0 amide bonds. The molecule has 0 aliphatic carbocycles. The second kappa shape index (κ2) is 4.68. The van der Waals surface area contributed by atoms with Gasteiger partial charge in [-0.15, -0.1) is 0 Å². The van der Waals surface area contributed by atoms with E-state index < -0.39 is 0 Å². The molecule has 0 saturated heterocycles. The van der Waals surface area contributed by atoms with Crippen molar-refractivity contribution in [1.82, 2.24) is 15.2 Å². The fraction of sp³-hybridized carbons (Fsp3) is 0.357. The predicted octanol–water partition coefficient (Wildman–Crippen LogP) is 1.22. The van der Waals surface area contributed by atoms with Crippen molar-refractivity contribution in [3.63, 3.8) is 0 Å². The van der Waals surface area contributed by atoms with Gasteiger partial charge in [0.25, 0.3) is 0 Å². The number of nitrogens with two attached hydrogens (primary N) is 1. The van der Waals surface area contributed by atoms with Gasteiger partial charge in [-0.2, -0.15) is 5.10 Å². The molecule has 3 N–H and O–H groups in total. The van der Waals surface area contributed by atoms with Crippen LogP contribution in [0.4, 0.5) is 0 Å². The third-order valence-corrected chi connectivity index (χ3v) is 3.81. The number of para-hydroxylation sites is 1. The Morgan fingerprint density at radius 2 is 2.26 bits per heavy atom. The van der Waals surface area contributed by atoms with Crippen LogP contribution in [0.2, 0.25) is 0 Å². The molecule has 0 bridgehead atoms. The summed E-state index contributed by atoms with van der Waals surface area (Å²) in [6, 6.07) is 6.12. The van der Waals surface area contributed by atoms with Crippen LogP contribution in [-0.4, -0.2) is 16.4 Å². The van der Waals surface area contributed by atoms with E-state index in [1.807, 2.05) is 24.9 Å². The Morgan fingerprint density at radius 1 is 1.42 bits per heavy atom. The largest absolute Gasteiger partial charge is 0.493 e. The number of aromatic nitrogens is 2.